The number of halogens is 1. The molecule has 0 spiro atoms. The highest BCUT2D eigenvalue weighted by molar-refractivity contribution is 14.1. The third kappa shape index (κ3) is 2.69. The molecule has 0 unspecified atom stereocenters. The molecule has 0 atom stereocenters. The van der Waals surface area contributed by atoms with E-state index in [1.807, 2.05) is 11.4 Å². The molecule has 1 saturated carbocycles. The van der Waals surface area contributed by atoms with Crippen LogP contribution in [-0.2, 0) is 4.74 Å². The van der Waals surface area contributed by atoms with Crippen LogP contribution in [0, 0.1) is 2.88 Å². The number of carbonyl (C=O) groups is 1. The van der Waals surface area contributed by atoms with Crippen molar-refractivity contribution in [3.05, 3.63) is 25.8 Å². The van der Waals surface area contributed by atoms with Gasteiger partial charge in [-0.2, -0.15) is 0 Å². The van der Waals surface area contributed by atoms with E-state index in [4.69, 9.17) is 9.15 Å². The lowest BCUT2D eigenvalue weighted by Gasteiger charge is -1.98. The molecule has 100 valence electrons. The van der Waals surface area contributed by atoms with Crippen molar-refractivity contribution in [2.24, 2.45) is 0 Å². The van der Waals surface area contributed by atoms with Gasteiger partial charge in [-0.25, -0.2) is 9.78 Å². The number of thiophene rings is 1. The highest BCUT2D eigenvalue weighted by Crippen LogP contribution is 2.42. The summed E-state index contributed by atoms with van der Waals surface area (Å²) < 4.78 is 11.8. The quantitative estimate of drug-likeness (QED) is 0.585. The van der Waals surface area contributed by atoms with Crippen molar-refractivity contribution in [1.82, 2.24) is 4.98 Å². The van der Waals surface area contributed by atoms with Crippen LogP contribution in [0.25, 0.3) is 11.5 Å². The number of hydrogen-bond acceptors (Lipinski definition) is 5. The second-order valence-corrected chi connectivity index (χ2v) is 7.17. The number of aromatic nitrogens is 1. The Balaban J connectivity index is 1.98. The fourth-order valence-electron chi connectivity index (χ4n) is 1.85. The maximum absolute atomic E-state index is 11.9. The third-order valence-corrected chi connectivity index (χ3v) is 4.68. The van der Waals surface area contributed by atoms with E-state index in [1.54, 1.807) is 18.3 Å². The van der Waals surface area contributed by atoms with Gasteiger partial charge in [0.05, 0.1) is 15.2 Å². The van der Waals surface area contributed by atoms with Gasteiger partial charge in [-0.1, -0.05) is 0 Å². The van der Waals surface area contributed by atoms with E-state index in [2.05, 4.69) is 27.6 Å². The highest BCUT2D eigenvalue weighted by atomic mass is 127. The summed E-state index contributed by atoms with van der Waals surface area (Å²) in [5.41, 5.74) is 1.68. The number of nitrogens with zero attached hydrogens (tertiary/aromatic N) is 1. The summed E-state index contributed by atoms with van der Waals surface area (Å²) in [6, 6.07) is 2.00. The normalized spacial score (nSPS) is 14.6. The van der Waals surface area contributed by atoms with Gasteiger partial charge in [-0.05, 0) is 48.4 Å². The molecule has 0 radical (unpaired) electrons. The molecule has 2 aromatic heterocycles. The number of rotatable bonds is 4. The van der Waals surface area contributed by atoms with Crippen molar-refractivity contribution >= 4 is 39.9 Å². The Labute approximate surface area is 128 Å². The molecule has 1 aliphatic rings. The Morgan fingerprint density at radius 3 is 3.00 bits per heavy atom. The average molecular weight is 389 g/mol. The zero-order valence-electron chi connectivity index (χ0n) is 10.3. The number of carbonyl (C=O) groups excluding carboxylic acids is 1. The van der Waals surface area contributed by atoms with Gasteiger partial charge in [0.25, 0.3) is 0 Å². The first-order valence-corrected chi connectivity index (χ1v) is 8.07. The smallest absolute Gasteiger partial charge is 0.376 e. The molecule has 0 saturated heterocycles. The lowest BCUT2D eigenvalue weighted by molar-refractivity contribution is 0.0489. The summed E-state index contributed by atoms with van der Waals surface area (Å²) in [7, 11) is 0. The standard InChI is InChI=1S/C13H12INO3S/c1-2-17-13(16)11-10(7-3-4-7)15-12(18-11)8-5-9(14)19-6-8/h5-7H,2-4H2,1H3. The molecule has 0 N–H and O–H groups in total. The van der Waals surface area contributed by atoms with Crippen LogP contribution in [-0.4, -0.2) is 17.6 Å². The predicted molar refractivity (Wildman–Crippen MR) is 80.5 cm³/mol. The Bertz CT molecular complexity index is 615. The Kier molecular flexibility index (Phi) is 3.62. The zero-order valence-corrected chi connectivity index (χ0v) is 13.3. The molecule has 2 heterocycles. The van der Waals surface area contributed by atoms with E-state index in [9.17, 15) is 4.79 Å². The summed E-state index contributed by atoms with van der Waals surface area (Å²) in [6.07, 6.45) is 2.14. The van der Waals surface area contributed by atoms with Gasteiger partial charge < -0.3 is 9.15 Å². The summed E-state index contributed by atoms with van der Waals surface area (Å²) in [6.45, 7) is 2.13. The van der Waals surface area contributed by atoms with Gasteiger partial charge in [0.15, 0.2) is 0 Å². The van der Waals surface area contributed by atoms with Gasteiger partial charge in [-0.15, -0.1) is 11.3 Å². The lowest BCUT2D eigenvalue weighted by Crippen LogP contribution is -2.05. The molecule has 19 heavy (non-hydrogen) atoms. The number of oxazole rings is 1. The number of hydrogen-bond donors (Lipinski definition) is 0. The first-order chi connectivity index (χ1) is 9.19. The van der Waals surface area contributed by atoms with Crippen LogP contribution in [0.5, 0.6) is 0 Å². The Morgan fingerprint density at radius 1 is 1.63 bits per heavy atom. The maximum atomic E-state index is 11.9. The monoisotopic (exact) mass is 389 g/mol. The Hall–Kier alpha value is -0.890. The number of ether oxygens (including phenoxy) is 1. The van der Waals surface area contributed by atoms with E-state index < -0.39 is 5.97 Å². The van der Waals surface area contributed by atoms with E-state index >= 15 is 0 Å². The van der Waals surface area contributed by atoms with Crippen LogP contribution < -0.4 is 0 Å². The van der Waals surface area contributed by atoms with Crippen LogP contribution in [0.4, 0.5) is 0 Å². The molecule has 0 amide bonds. The summed E-state index contributed by atoms with van der Waals surface area (Å²) in [5, 5.41) is 1.99. The largest absolute Gasteiger partial charge is 0.460 e. The molecule has 4 nitrogen and oxygen atoms in total. The van der Waals surface area contributed by atoms with Crippen LogP contribution in [0.3, 0.4) is 0 Å². The SMILES string of the molecule is CCOC(=O)c1oc(-c2csc(I)c2)nc1C1CC1. The van der Waals surface area contributed by atoms with Crippen LogP contribution >= 0.6 is 33.9 Å². The second kappa shape index (κ2) is 5.24. The molecule has 0 aromatic carbocycles. The van der Waals surface area contributed by atoms with E-state index in [0.29, 0.717) is 18.4 Å². The van der Waals surface area contributed by atoms with E-state index in [1.165, 1.54) is 0 Å². The molecule has 1 fully saturated rings. The fourth-order valence-corrected chi connectivity index (χ4v) is 3.17. The lowest BCUT2D eigenvalue weighted by atomic mass is 10.2. The average Bonchev–Trinajstić information content (AvgIpc) is 2.98. The van der Waals surface area contributed by atoms with Gasteiger partial charge in [0.2, 0.25) is 11.7 Å². The van der Waals surface area contributed by atoms with E-state index in [-0.39, 0.29) is 5.76 Å². The molecule has 1 aliphatic carbocycles. The van der Waals surface area contributed by atoms with Crippen LogP contribution in [0.15, 0.2) is 15.9 Å². The van der Waals surface area contributed by atoms with Gasteiger partial charge in [-0.3, -0.25) is 0 Å². The Morgan fingerprint density at radius 2 is 2.42 bits per heavy atom. The topological polar surface area (TPSA) is 52.3 Å². The molecule has 0 bridgehead atoms. The molecule has 6 heteroatoms. The van der Waals surface area contributed by atoms with Gasteiger partial charge >= 0.3 is 5.97 Å². The maximum Gasteiger partial charge on any atom is 0.376 e. The minimum atomic E-state index is -0.409. The molecule has 3 rings (SSSR count). The summed E-state index contributed by atoms with van der Waals surface area (Å²) in [5.74, 6) is 0.743. The predicted octanol–water partition coefficient (Wildman–Crippen LogP) is 4.06. The highest BCUT2D eigenvalue weighted by Gasteiger charge is 2.34. The van der Waals surface area contributed by atoms with E-state index in [0.717, 1.165) is 27.0 Å². The van der Waals surface area contributed by atoms with Crippen molar-refractivity contribution in [2.45, 2.75) is 25.7 Å². The van der Waals surface area contributed by atoms with Gasteiger partial charge in [0, 0.05) is 16.9 Å². The van der Waals surface area contributed by atoms with Crippen molar-refractivity contribution in [1.29, 1.82) is 0 Å². The minimum Gasteiger partial charge on any atom is -0.460 e. The van der Waals surface area contributed by atoms with Crippen LogP contribution in [0.2, 0.25) is 0 Å². The molecular formula is C13H12INO3S. The third-order valence-electron chi connectivity index (χ3n) is 2.89. The van der Waals surface area contributed by atoms with Crippen molar-refractivity contribution < 1.29 is 13.9 Å². The molecule has 2 aromatic rings. The minimum absolute atomic E-state index is 0.278. The molecular weight excluding hydrogens is 377 g/mol. The second-order valence-electron chi connectivity index (χ2n) is 4.37. The summed E-state index contributed by atoms with van der Waals surface area (Å²) in [4.78, 5) is 16.4. The summed E-state index contributed by atoms with van der Waals surface area (Å²) >= 11 is 3.88. The van der Waals surface area contributed by atoms with Crippen molar-refractivity contribution in [3.8, 4) is 11.5 Å². The van der Waals surface area contributed by atoms with Gasteiger partial charge in [0.1, 0.15) is 0 Å². The number of esters is 1. The fraction of sp³-hybridized carbons (Fsp3) is 0.385. The first kappa shape index (κ1) is 13.1. The first-order valence-electron chi connectivity index (χ1n) is 6.11. The van der Waals surface area contributed by atoms with Crippen LogP contribution in [0.1, 0.15) is 41.9 Å². The molecule has 0 aliphatic heterocycles. The zero-order chi connectivity index (χ0) is 13.4. The van der Waals surface area contributed by atoms with Crippen molar-refractivity contribution in [3.63, 3.8) is 0 Å². The van der Waals surface area contributed by atoms with Crippen molar-refractivity contribution in [2.75, 3.05) is 6.61 Å².